The number of nitrogens with one attached hydrogen (secondary N) is 3. The van der Waals surface area contributed by atoms with Gasteiger partial charge in [-0.3, -0.25) is 23.7 Å². The number of aromatic hydroxyl groups is 2. The first-order valence-corrected chi connectivity index (χ1v) is 13.7. The Balaban J connectivity index is 1.47. The van der Waals surface area contributed by atoms with E-state index in [2.05, 4.69) is 16.0 Å². The first-order chi connectivity index (χ1) is 19.6. The van der Waals surface area contributed by atoms with Crippen molar-refractivity contribution in [1.29, 1.82) is 0 Å². The number of nitrogens with zero attached hydrogens (tertiary/aromatic N) is 1. The molecule has 12 nitrogen and oxygen atoms in total. The molecule has 1 heterocycles. The minimum atomic E-state index is -0.224. The van der Waals surface area contributed by atoms with E-state index in [0.717, 1.165) is 5.56 Å². The molecule has 0 unspecified atom stereocenters. The highest BCUT2D eigenvalue weighted by Gasteiger charge is 2.16. The van der Waals surface area contributed by atoms with Crippen LogP contribution < -0.4 is 16.0 Å². The molecular formula is C29H42N4O8. The number of benzene rings is 1. The Morgan fingerprint density at radius 2 is 1.32 bits per heavy atom. The van der Waals surface area contributed by atoms with Gasteiger partial charge in [0.2, 0.25) is 17.7 Å². The van der Waals surface area contributed by atoms with Crippen LogP contribution in [0.4, 0.5) is 5.69 Å². The Morgan fingerprint density at radius 3 is 1.95 bits per heavy atom. The number of hydrogen-bond donors (Lipinski definition) is 5. The van der Waals surface area contributed by atoms with Crippen molar-refractivity contribution in [1.82, 2.24) is 15.2 Å². The van der Waals surface area contributed by atoms with Crippen LogP contribution in [-0.2, 0) is 41.6 Å². The number of ether oxygens (including phenoxy) is 2. The van der Waals surface area contributed by atoms with E-state index in [9.17, 15) is 29.4 Å². The number of ketones is 1. The summed E-state index contributed by atoms with van der Waals surface area (Å²) >= 11 is 0. The normalized spacial score (nSPS) is 10.8. The molecule has 1 aromatic carbocycles. The number of hydrogen-bond acceptors (Lipinski definition) is 8. The van der Waals surface area contributed by atoms with Crippen molar-refractivity contribution >= 4 is 29.2 Å². The monoisotopic (exact) mass is 574 g/mol. The lowest BCUT2D eigenvalue weighted by Crippen LogP contribution is -2.28. The van der Waals surface area contributed by atoms with Crippen molar-refractivity contribution in [3.63, 3.8) is 0 Å². The Labute approximate surface area is 240 Å². The van der Waals surface area contributed by atoms with E-state index >= 15 is 0 Å². The third-order valence-electron chi connectivity index (χ3n) is 6.40. The second-order valence-electron chi connectivity index (χ2n) is 9.67. The zero-order valence-corrected chi connectivity index (χ0v) is 24.1. The lowest BCUT2D eigenvalue weighted by molar-refractivity contribution is -0.122. The highest BCUT2D eigenvalue weighted by molar-refractivity contribution is 5.90. The van der Waals surface area contributed by atoms with Crippen molar-refractivity contribution in [3.8, 4) is 11.8 Å². The van der Waals surface area contributed by atoms with Gasteiger partial charge in [0.15, 0.2) is 11.8 Å². The number of aromatic nitrogens is 1. The minimum Gasteiger partial charge on any atom is -0.494 e. The van der Waals surface area contributed by atoms with Gasteiger partial charge in [0.25, 0.3) is 0 Å². The lowest BCUT2D eigenvalue weighted by Gasteiger charge is -2.09. The van der Waals surface area contributed by atoms with Crippen LogP contribution in [0.5, 0.6) is 11.8 Å². The number of anilines is 1. The molecule has 0 atom stereocenters. The van der Waals surface area contributed by atoms with Crippen LogP contribution in [0.15, 0.2) is 24.3 Å². The molecule has 0 spiro atoms. The molecule has 2 aromatic rings. The van der Waals surface area contributed by atoms with E-state index in [1.165, 1.54) is 11.5 Å². The Bertz CT molecular complexity index is 1140. The SMILES string of the molecule is CC(=O)CCNC(=O)CCc1ccc(NC(=O)CCOCCOCCNC(=O)CCn2c(O)c(C)c(C)c2O)cc1. The largest absolute Gasteiger partial charge is 0.494 e. The summed E-state index contributed by atoms with van der Waals surface area (Å²) < 4.78 is 12.1. The standard InChI is InChI=1S/C29H42N4O8/c1-20(34)10-13-30-25(35)9-6-23-4-7-24(8-5-23)32-27(37)12-16-40-18-19-41-17-14-31-26(36)11-15-33-28(38)21(2)22(3)29(33)39/h4-5,7-8,38-39H,6,9-19H2,1-3H3,(H,30,35)(H,31,36)(H,32,37). The van der Waals surface area contributed by atoms with Gasteiger partial charge in [0.05, 0.1) is 32.8 Å². The van der Waals surface area contributed by atoms with Crippen molar-refractivity contribution in [2.45, 2.75) is 59.4 Å². The summed E-state index contributed by atoms with van der Waals surface area (Å²) in [6, 6.07) is 7.28. The smallest absolute Gasteiger partial charge is 0.226 e. The molecule has 0 aliphatic carbocycles. The van der Waals surface area contributed by atoms with Gasteiger partial charge in [-0.15, -0.1) is 0 Å². The average Bonchev–Trinajstić information content (AvgIpc) is 3.12. The predicted octanol–water partition coefficient (Wildman–Crippen LogP) is 2.11. The molecule has 5 N–H and O–H groups in total. The van der Waals surface area contributed by atoms with Gasteiger partial charge in [0.1, 0.15) is 5.78 Å². The molecular weight excluding hydrogens is 532 g/mol. The van der Waals surface area contributed by atoms with E-state index < -0.39 is 0 Å². The van der Waals surface area contributed by atoms with Gasteiger partial charge in [-0.05, 0) is 44.9 Å². The number of carbonyl (C=O) groups is 4. The first-order valence-electron chi connectivity index (χ1n) is 13.7. The first kappa shape index (κ1) is 33.3. The van der Waals surface area contributed by atoms with E-state index in [-0.39, 0.29) is 61.3 Å². The highest BCUT2D eigenvalue weighted by atomic mass is 16.5. The topological polar surface area (TPSA) is 168 Å². The van der Waals surface area contributed by atoms with Crippen LogP contribution >= 0.6 is 0 Å². The third-order valence-corrected chi connectivity index (χ3v) is 6.40. The maximum absolute atomic E-state index is 12.1. The number of amides is 3. The Kier molecular flexibility index (Phi) is 14.4. The fourth-order valence-corrected chi connectivity index (χ4v) is 3.81. The molecule has 41 heavy (non-hydrogen) atoms. The van der Waals surface area contributed by atoms with Crippen LogP contribution in [-0.4, -0.2) is 77.8 Å². The second kappa shape index (κ2) is 17.7. The molecule has 3 amide bonds. The predicted molar refractivity (Wildman–Crippen MR) is 153 cm³/mol. The van der Waals surface area contributed by atoms with Crippen molar-refractivity contribution in [2.75, 3.05) is 44.8 Å². The Hall–Kier alpha value is -3.90. The summed E-state index contributed by atoms with van der Waals surface area (Å²) in [6.45, 7) is 6.89. The zero-order chi connectivity index (χ0) is 30.2. The summed E-state index contributed by atoms with van der Waals surface area (Å²) in [5.74, 6) is -0.550. The van der Waals surface area contributed by atoms with Gasteiger partial charge >= 0.3 is 0 Å². The lowest BCUT2D eigenvalue weighted by atomic mass is 10.1. The summed E-state index contributed by atoms with van der Waals surface area (Å²) in [7, 11) is 0. The molecule has 0 aliphatic heterocycles. The quantitative estimate of drug-likeness (QED) is 0.159. The fourth-order valence-electron chi connectivity index (χ4n) is 3.81. The molecule has 12 heteroatoms. The van der Waals surface area contributed by atoms with E-state index in [1.807, 2.05) is 12.1 Å². The number of carbonyl (C=O) groups excluding carboxylic acids is 4. The fraction of sp³-hybridized carbons (Fsp3) is 0.517. The van der Waals surface area contributed by atoms with E-state index in [0.29, 0.717) is 69.0 Å². The summed E-state index contributed by atoms with van der Waals surface area (Å²) in [4.78, 5) is 46.8. The molecule has 0 radical (unpaired) electrons. The van der Waals surface area contributed by atoms with Crippen molar-refractivity contribution in [3.05, 3.63) is 41.0 Å². The molecule has 0 fully saturated rings. The van der Waals surface area contributed by atoms with Gasteiger partial charge in [-0.25, -0.2) is 0 Å². The van der Waals surface area contributed by atoms with Crippen LogP contribution in [0.25, 0.3) is 0 Å². The zero-order valence-electron chi connectivity index (χ0n) is 24.1. The molecule has 226 valence electrons. The van der Waals surface area contributed by atoms with E-state index in [4.69, 9.17) is 9.47 Å². The highest BCUT2D eigenvalue weighted by Crippen LogP contribution is 2.32. The molecule has 1 aromatic heterocycles. The summed E-state index contributed by atoms with van der Waals surface area (Å²) in [6.07, 6.45) is 1.51. The van der Waals surface area contributed by atoms with Gasteiger partial charge in [-0.1, -0.05) is 12.1 Å². The van der Waals surface area contributed by atoms with Crippen LogP contribution in [0, 0.1) is 13.8 Å². The van der Waals surface area contributed by atoms with Crippen molar-refractivity contribution < 1.29 is 38.9 Å². The number of Topliss-reactive ketones (excluding diaryl/α,β-unsaturated/α-hetero) is 1. The van der Waals surface area contributed by atoms with E-state index in [1.54, 1.807) is 26.0 Å². The molecule has 0 saturated heterocycles. The molecule has 0 bridgehead atoms. The number of rotatable bonds is 19. The molecule has 2 rings (SSSR count). The maximum atomic E-state index is 12.1. The van der Waals surface area contributed by atoms with Gasteiger partial charge in [-0.2, -0.15) is 0 Å². The summed E-state index contributed by atoms with van der Waals surface area (Å²) in [5.41, 5.74) is 2.80. The second-order valence-corrected chi connectivity index (χ2v) is 9.67. The summed E-state index contributed by atoms with van der Waals surface area (Å²) in [5, 5.41) is 28.3. The molecule has 0 aliphatic rings. The number of aryl methyl sites for hydroxylation is 1. The van der Waals surface area contributed by atoms with Crippen LogP contribution in [0.2, 0.25) is 0 Å². The van der Waals surface area contributed by atoms with Crippen molar-refractivity contribution in [2.24, 2.45) is 0 Å². The third kappa shape index (κ3) is 12.4. The molecule has 0 saturated carbocycles. The van der Waals surface area contributed by atoms with Crippen LogP contribution in [0.1, 0.15) is 49.3 Å². The maximum Gasteiger partial charge on any atom is 0.226 e. The minimum absolute atomic E-state index is 0.0386. The Morgan fingerprint density at radius 1 is 0.732 bits per heavy atom. The van der Waals surface area contributed by atoms with Gasteiger partial charge < -0.3 is 35.6 Å². The van der Waals surface area contributed by atoms with Crippen LogP contribution in [0.3, 0.4) is 0 Å². The van der Waals surface area contributed by atoms with Gasteiger partial charge in [0, 0.05) is 55.7 Å². The average molecular weight is 575 g/mol.